The second-order valence-electron chi connectivity index (χ2n) is 5.76. The van der Waals surface area contributed by atoms with Gasteiger partial charge in [-0.2, -0.15) is 0 Å². The fourth-order valence-corrected chi connectivity index (χ4v) is 3.55. The Hall–Kier alpha value is -2.43. The summed E-state index contributed by atoms with van der Waals surface area (Å²) in [4.78, 5) is 38.6. The van der Waals surface area contributed by atoms with Crippen LogP contribution in [0.1, 0.15) is 33.7 Å². The quantitative estimate of drug-likeness (QED) is 0.736. The number of Topliss-reactive ketones (excluding diaryl/α,β-unsaturated/α-hetero) is 2. The maximum Gasteiger partial charge on any atom is 0.271 e. The van der Waals surface area contributed by atoms with E-state index in [-0.39, 0.29) is 36.5 Å². The van der Waals surface area contributed by atoms with Gasteiger partial charge in [-0.05, 0) is 6.07 Å². The number of hydrogen-bond acceptors (Lipinski definition) is 3. The number of rotatable bonds is 0. The van der Waals surface area contributed by atoms with Crippen LogP contribution < -0.4 is 0 Å². The summed E-state index contributed by atoms with van der Waals surface area (Å²) in [6.45, 7) is 0.123. The number of amides is 1. The molecule has 1 amide bonds. The summed E-state index contributed by atoms with van der Waals surface area (Å²) in [6.07, 6.45) is 0.530. The molecule has 1 aromatic heterocycles. The molecule has 3 heterocycles. The van der Waals surface area contributed by atoms with Gasteiger partial charge < -0.3 is 9.47 Å². The van der Waals surface area contributed by atoms with Crippen molar-refractivity contribution in [2.24, 2.45) is 7.05 Å². The molecule has 0 bridgehead atoms. The molecular weight excluding hydrogens is 268 g/mol. The number of benzene rings is 1. The number of aromatic nitrogens is 1. The Kier molecular flexibility index (Phi) is 2.37. The number of carbonyl (C=O) groups excluding carboxylic acids is 3. The molecule has 1 unspecified atom stereocenters. The third-order valence-electron chi connectivity index (χ3n) is 4.52. The highest BCUT2D eigenvalue weighted by Crippen LogP contribution is 2.33. The molecule has 2 aliphatic rings. The molecule has 1 atom stereocenters. The van der Waals surface area contributed by atoms with Crippen LogP contribution >= 0.6 is 0 Å². The fraction of sp³-hybridized carbons (Fsp3) is 0.312. The van der Waals surface area contributed by atoms with Crippen molar-refractivity contribution >= 4 is 28.4 Å². The van der Waals surface area contributed by atoms with E-state index in [1.165, 1.54) is 0 Å². The van der Waals surface area contributed by atoms with E-state index < -0.39 is 0 Å². The Labute approximate surface area is 121 Å². The van der Waals surface area contributed by atoms with Gasteiger partial charge in [-0.15, -0.1) is 0 Å². The molecular formula is C16H14N2O3. The van der Waals surface area contributed by atoms with E-state index >= 15 is 0 Å². The van der Waals surface area contributed by atoms with Crippen LogP contribution in [0.25, 0.3) is 10.9 Å². The van der Waals surface area contributed by atoms with Crippen LogP contribution in [0.4, 0.5) is 0 Å². The fourth-order valence-electron chi connectivity index (χ4n) is 3.55. The van der Waals surface area contributed by atoms with Crippen LogP contribution in [0, 0.1) is 0 Å². The lowest BCUT2D eigenvalue weighted by molar-refractivity contribution is -0.116. The molecule has 5 heteroatoms. The Morgan fingerprint density at radius 1 is 1.10 bits per heavy atom. The molecule has 0 aliphatic carbocycles. The molecule has 0 saturated carbocycles. The molecule has 2 aliphatic heterocycles. The first-order valence-electron chi connectivity index (χ1n) is 7.01. The molecule has 0 radical (unpaired) electrons. The van der Waals surface area contributed by atoms with Gasteiger partial charge in [0, 0.05) is 36.8 Å². The Morgan fingerprint density at radius 3 is 2.67 bits per heavy atom. The van der Waals surface area contributed by atoms with Crippen molar-refractivity contribution in [3.8, 4) is 0 Å². The minimum Gasteiger partial charge on any atom is -0.339 e. The lowest BCUT2D eigenvalue weighted by Gasteiger charge is -2.20. The van der Waals surface area contributed by atoms with Gasteiger partial charge in [0.1, 0.15) is 5.69 Å². The number of carbonyl (C=O) groups is 3. The third kappa shape index (κ3) is 1.54. The normalized spacial score (nSPS) is 21.7. The van der Waals surface area contributed by atoms with E-state index in [9.17, 15) is 14.4 Å². The van der Waals surface area contributed by atoms with E-state index in [1.807, 2.05) is 24.3 Å². The number of ketones is 2. The number of fused-ring (bicyclic) bond motifs is 4. The van der Waals surface area contributed by atoms with E-state index in [2.05, 4.69) is 0 Å². The van der Waals surface area contributed by atoms with Gasteiger partial charge in [-0.3, -0.25) is 14.4 Å². The highest BCUT2D eigenvalue weighted by atomic mass is 16.2. The second kappa shape index (κ2) is 4.04. The second-order valence-corrected chi connectivity index (χ2v) is 5.76. The van der Waals surface area contributed by atoms with E-state index in [0.29, 0.717) is 17.7 Å². The van der Waals surface area contributed by atoms with Crippen molar-refractivity contribution in [2.75, 3.05) is 6.54 Å². The lowest BCUT2D eigenvalue weighted by Crippen LogP contribution is -2.35. The number of para-hydroxylation sites is 1. The van der Waals surface area contributed by atoms with Gasteiger partial charge in [0.2, 0.25) is 0 Å². The van der Waals surface area contributed by atoms with Crippen molar-refractivity contribution in [1.82, 2.24) is 9.47 Å². The average molecular weight is 282 g/mol. The van der Waals surface area contributed by atoms with Gasteiger partial charge in [0.05, 0.1) is 12.1 Å². The van der Waals surface area contributed by atoms with Crippen molar-refractivity contribution in [3.05, 3.63) is 35.5 Å². The topological polar surface area (TPSA) is 59.4 Å². The Morgan fingerprint density at radius 2 is 1.86 bits per heavy atom. The van der Waals surface area contributed by atoms with Gasteiger partial charge in [-0.25, -0.2) is 0 Å². The minimum absolute atomic E-state index is 0.0309. The largest absolute Gasteiger partial charge is 0.339 e. The summed E-state index contributed by atoms with van der Waals surface area (Å²) in [5, 5.41) is 0.820. The van der Waals surface area contributed by atoms with Crippen molar-refractivity contribution in [3.63, 3.8) is 0 Å². The minimum atomic E-state index is -0.274. The molecule has 0 N–H and O–H groups in total. The van der Waals surface area contributed by atoms with Crippen LogP contribution in [0.15, 0.2) is 24.3 Å². The summed E-state index contributed by atoms with van der Waals surface area (Å²) in [5.41, 5.74) is 1.80. The Balaban J connectivity index is 2.01. The SMILES string of the molecule is Cn1c2c(c3ccccc31)C(=O)CC1CC(=O)CN1C2=O. The Bertz CT molecular complexity index is 818. The van der Waals surface area contributed by atoms with E-state index in [1.54, 1.807) is 16.5 Å². The predicted octanol–water partition coefficient (Wildman–Crippen LogP) is 1.55. The van der Waals surface area contributed by atoms with Crippen LogP contribution in [0.3, 0.4) is 0 Å². The molecule has 2 aromatic rings. The first-order chi connectivity index (χ1) is 10.1. The summed E-state index contributed by atoms with van der Waals surface area (Å²) in [6, 6.07) is 7.26. The standard InChI is InChI=1S/C16H14N2O3/c1-17-12-5-3-2-4-11(12)14-13(20)7-9-6-10(19)8-18(9)16(21)15(14)17/h2-5,9H,6-8H2,1H3. The number of nitrogens with zero attached hydrogens (tertiary/aromatic N) is 2. The maximum atomic E-state index is 12.8. The van der Waals surface area contributed by atoms with Gasteiger partial charge >= 0.3 is 0 Å². The predicted molar refractivity (Wildman–Crippen MR) is 76.3 cm³/mol. The van der Waals surface area contributed by atoms with Crippen molar-refractivity contribution in [2.45, 2.75) is 18.9 Å². The summed E-state index contributed by atoms with van der Waals surface area (Å²) in [7, 11) is 1.80. The van der Waals surface area contributed by atoms with Gasteiger partial charge in [0.15, 0.2) is 11.6 Å². The molecule has 1 saturated heterocycles. The highest BCUT2D eigenvalue weighted by molar-refractivity contribution is 6.18. The zero-order chi connectivity index (χ0) is 14.7. The van der Waals surface area contributed by atoms with Gasteiger partial charge in [-0.1, -0.05) is 18.2 Å². The number of hydrogen-bond donors (Lipinski definition) is 0. The first kappa shape index (κ1) is 12.3. The number of aryl methyl sites for hydroxylation is 1. The van der Waals surface area contributed by atoms with Gasteiger partial charge in [0.25, 0.3) is 5.91 Å². The molecule has 106 valence electrons. The summed E-state index contributed by atoms with van der Waals surface area (Å²) < 4.78 is 1.77. The maximum absolute atomic E-state index is 12.8. The third-order valence-corrected chi connectivity index (χ3v) is 4.52. The van der Waals surface area contributed by atoms with Crippen LogP contribution in [-0.2, 0) is 11.8 Å². The molecule has 4 rings (SSSR count). The van der Waals surface area contributed by atoms with E-state index in [0.717, 1.165) is 10.9 Å². The average Bonchev–Trinajstić information content (AvgIpc) is 2.94. The van der Waals surface area contributed by atoms with Crippen LogP contribution in [0.5, 0.6) is 0 Å². The zero-order valence-electron chi connectivity index (χ0n) is 11.6. The molecule has 1 aromatic carbocycles. The summed E-state index contributed by atoms with van der Waals surface area (Å²) >= 11 is 0. The molecule has 0 spiro atoms. The summed E-state index contributed by atoms with van der Waals surface area (Å²) in [5.74, 6) is -0.217. The van der Waals surface area contributed by atoms with E-state index in [4.69, 9.17) is 0 Å². The zero-order valence-corrected chi connectivity index (χ0v) is 11.6. The van der Waals surface area contributed by atoms with Crippen LogP contribution in [0.2, 0.25) is 0 Å². The van der Waals surface area contributed by atoms with Crippen molar-refractivity contribution < 1.29 is 14.4 Å². The van der Waals surface area contributed by atoms with Crippen LogP contribution in [-0.4, -0.2) is 39.5 Å². The smallest absolute Gasteiger partial charge is 0.271 e. The first-order valence-corrected chi connectivity index (χ1v) is 7.01. The van der Waals surface area contributed by atoms with Crippen molar-refractivity contribution in [1.29, 1.82) is 0 Å². The molecule has 1 fully saturated rings. The molecule has 21 heavy (non-hydrogen) atoms. The molecule has 5 nitrogen and oxygen atoms in total. The lowest BCUT2D eigenvalue weighted by atomic mass is 10.0. The highest BCUT2D eigenvalue weighted by Gasteiger charge is 2.42. The monoisotopic (exact) mass is 282 g/mol.